The highest BCUT2D eigenvalue weighted by atomic mass is 16.5. The van der Waals surface area contributed by atoms with Crippen molar-refractivity contribution in [2.24, 2.45) is 11.3 Å². The van der Waals surface area contributed by atoms with E-state index >= 15 is 0 Å². The molecule has 5 nitrogen and oxygen atoms in total. The average Bonchev–Trinajstić information content (AvgIpc) is 3.28. The third-order valence-electron chi connectivity index (χ3n) is 6.61. The fourth-order valence-corrected chi connectivity index (χ4v) is 5.12. The van der Waals surface area contributed by atoms with Crippen LogP contribution >= 0.6 is 0 Å². The number of hydrogen-bond donors (Lipinski definition) is 1. The third kappa shape index (κ3) is 2.48. The molecule has 3 fully saturated rings. The number of fused-ring (bicyclic) bond motifs is 1. The topological polar surface area (TPSA) is 66.8 Å². The first-order valence-electron chi connectivity index (χ1n) is 9.25. The first-order chi connectivity index (χ1) is 12.1. The highest BCUT2D eigenvalue weighted by Crippen LogP contribution is 2.47. The Morgan fingerprint density at radius 3 is 2.48 bits per heavy atom. The van der Waals surface area contributed by atoms with Gasteiger partial charge in [0.25, 0.3) is 0 Å². The van der Waals surface area contributed by atoms with E-state index in [2.05, 4.69) is 0 Å². The van der Waals surface area contributed by atoms with Crippen LogP contribution in [0.2, 0.25) is 0 Å². The van der Waals surface area contributed by atoms with Gasteiger partial charge in [-0.2, -0.15) is 0 Å². The predicted octanol–water partition coefficient (Wildman–Crippen LogP) is 2.45. The van der Waals surface area contributed by atoms with Gasteiger partial charge in [0, 0.05) is 25.6 Å². The number of carbonyl (C=O) groups is 2. The molecule has 1 N–H and O–H groups in total. The van der Waals surface area contributed by atoms with Crippen LogP contribution in [0.3, 0.4) is 0 Å². The van der Waals surface area contributed by atoms with Crippen molar-refractivity contribution in [2.75, 3.05) is 26.3 Å². The van der Waals surface area contributed by atoms with E-state index in [4.69, 9.17) is 4.74 Å². The first-order valence-corrected chi connectivity index (χ1v) is 9.25. The van der Waals surface area contributed by atoms with Crippen LogP contribution in [0.15, 0.2) is 30.3 Å². The molecule has 0 radical (unpaired) electrons. The molecule has 134 valence electrons. The Morgan fingerprint density at radius 2 is 1.84 bits per heavy atom. The van der Waals surface area contributed by atoms with Crippen molar-refractivity contribution in [1.29, 1.82) is 0 Å². The molecule has 5 heteroatoms. The van der Waals surface area contributed by atoms with E-state index in [0.29, 0.717) is 32.7 Å². The Bertz CT molecular complexity index is 668. The summed E-state index contributed by atoms with van der Waals surface area (Å²) in [4.78, 5) is 27.4. The Balaban J connectivity index is 1.65. The van der Waals surface area contributed by atoms with Gasteiger partial charge in [0.15, 0.2) is 0 Å². The van der Waals surface area contributed by atoms with Crippen molar-refractivity contribution >= 4 is 11.9 Å². The van der Waals surface area contributed by atoms with Gasteiger partial charge in [-0.15, -0.1) is 0 Å². The number of ether oxygens (including phenoxy) is 1. The molecule has 2 atom stereocenters. The molecule has 1 saturated carbocycles. The largest absolute Gasteiger partial charge is 0.481 e. The van der Waals surface area contributed by atoms with E-state index in [1.54, 1.807) is 0 Å². The van der Waals surface area contributed by atoms with Crippen LogP contribution in [0.4, 0.5) is 0 Å². The third-order valence-corrected chi connectivity index (χ3v) is 6.61. The lowest BCUT2D eigenvalue weighted by atomic mass is 9.74. The normalized spacial score (nSPS) is 30.9. The van der Waals surface area contributed by atoms with Crippen LogP contribution in [0.5, 0.6) is 0 Å². The Kier molecular flexibility index (Phi) is 4.07. The number of benzene rings is 1. The monoisotopic (exact) mass is 343 g/mol. The molecule has 25 heavy (non-hydrogen) atoms. The lowest BCUT2D eigenvalue weighted by molar-refractivity contribution is -0.157. The Morgan fingerprint density at radius 1 is 1.12 bits per heavy atom. The van der Waals surface area contributed by atoms with Crippen LogP contribution in [-0.2, 0) is 19.7 Å². The van der Waals surface area contributed by atoms with E-state index in [1.807, 2.05) is 35.2 Å². The smallest absolute Gasteiger partial charge is 0.311 e. The van der Waals surface area contributed by atoms with Gasteiger partial charge >= 0.3 is 5.97 Å². The molecule has 2 heterocycles. The second-order valence-electron chi connectivity index (χ2n) is 7.82. The van der Waals surface area contributed by atoms with Crippen molar-refractivity contribution in [1.82, 2.24) is 4.90 Å². The summed E-state index contributed by atoms with van der Waals surface area (Å²) in [6.07, 6.45) is 4.30. The maximum Gasteiger partial charge on any atom is 0.311 e. The molecule has 0 aromatic heterocycles. The van der Waals surface area contributed by atoms with E-state index in [0.717, 1.165) is 31.2 Å². The number of likely N-dealkylation sites (tertiary alicyclic amines) is 1. The van der Waals surface area contributed by atoms with Gasteiger partial charge in [-0.3, -0.25) is 9.59 Å². The molecule has 2 aliphatic heterocycles. The average molecular weight is 343 g/mol. The quantitative estimate of drug-likeness (QED) is 0.915. The van der Waals surface area contributed by atoms with Gasteiger partial charge in [0.2, 0.25) is 5.91 Å². The second-order valence-corrected chi connectivity index (χ2v) is 7.82. The van der Waals surface area contributed by atoms with Crippen molar-refractivity contribution in [3.63, 3.8) is 0 Å². The summed E-state index contributed by atoms with van der Waals surface area (Å²) in [7, 11) is 0. The number of carbonyl (C=O) groups excluding carboxylic acids is 1. The van der Waals surface area contributed by atoms with E-state index < -0.39 is 16.8 Å². The van der Waals surface area contributed by atoms with E-state index in [9.17, 15) is 14.7 Å². The SMILES string of the molecule is O=C(N1C[C@H]2COCC[C@@]2(C(=O)O)C1)C1(c2ccccc2)CCCC1. The molecule has 4 rings (SSSR count). The van der Waals surface area contributed by atoms with Crippen LogP contribution in [0, 0.1) is 11.3 Å². The van der Waals surface area contributed by atoms with Crippen LogP contribution in [0.1, 0.15) is 37.7 Å². The van der Waals surface area contributed by atoms with Crippen LogP contribution in [-0.4, -0.2) is 48.2 Å². The number of carboxylic acid groups (broad SMARTS) is 1. The molecule has 0 unspecified atom stereocenters. The molecule has 1 aromatic rings. The summed E-state index contributed by atoms with van der Waals surface area (Å²) in [5, 5.41) is 9.85. The van der Waals surface area contributed by atoms with Crippen LogP contribution < -0.4 is 0 Å². The van der Waals surface area contributed by atoms with Crippen molar-refractivity contribution in [3.05, 3.63) is 35.9 Å². The minimum absolute atomic E-state index is 0.100. The molecule has 3 aliphatic rings. The maximum absolute atomic E-state index is 13.6. The molecule has 1 amide bonds. The molecule has 0 spiro atoms. The van der Waals surface area contributed by atoms with Gasteiger partial charge in [0.1, 0.15) is 0 Å². The number of rotatable bonds is 3. The van der Waals surface area contributed by atoms with Crippen molar-refractivity contribution in [3.8, 4) is 0 Å². The standard InChI is InChI=1S/C20H25NO4/c22-17(19(8-4-5-9-19)15-6-2-1-3-7-15)21-12-16-13-25-11-10-20(16,14-21)18(23)24/h1-3,6-7,16H,4-5,8-14H2,(H,23,24)/t16-,20+/m0/s1. The zero-order chi connectivity index (χ0) is 17.5. The summed E-state index contributed by atoms with van der Waals surface area (Å²) >= 11 is 0. The number of hydrogen-bond acceptors (Lipinski definition) is 3. The molecule has 1 aliphatic carbocycles. The zero-order valence-corrected chi connectivity index (χ0v) is 14.4. The van der Waals surface area contributed by atoms with Crippen molar-refractivity contribution < 1.29 is 19.4 Å². The lowest BCUT2D eigenvalue weighted by Gasteiger charge is -2.35. The summed E-state index contributed by atoms with van der Waals surface area (Å²) < 4.78 is 5.52. The van der Waals surface area contributed by atoms with Gasteiger partial charge in [-0.05, 0) is 24.8 Å². The van der Waals surface area contributed by atoms with Crippen molar-refractivity contribution in [2.45, 2.75) is 37.5 Å². The molecular weight excluding hydrogens is 318 g/mol. The van der Waals surface area contributed by atoms with E-state index in [1.165, 1.54) is 0 Å². The van der Waals surface area contributed by atoms with Gasteiger partial charge in [-0.1, -0.05) is 43.2 Å². The van der Waals surface area contributed by atoms with E-state index in [-0.39, 0.29) is 11.8 Å². The second kappa shape index (κ2) is 6.13. The summed E-state index contributed by atoms with van der Waals surface area (Å²) in [6.45, 7) is 1.73. The van der Waals surface area contributed by atoms with Crippen LogP contribution in [0.25, 0.3) is 0 Å². The zero-order valence-electron chi connectivity index (χ0n) is 14.4. The highest BCUT2D eigenvalue weighted by Gasteiger charge is 2.57. The predicted molar refractivity (Wildman–Crippen MR) is 92.2 cm³/mol. The molecule has 2 saturated heterocycles. The molecular formula is C20H25NO4. The number of carboxylic acids is 1. The summed E-state index contributed by atoms with van der Waals surface area (Å²) in [5.74, 6) is -0.764. The Hall–Kier alpha value is -1.88. The fraction of sp³-hybridized carbons (Fsp3) is 0.600. The number of amides is 1. The maximum atomic E-state index is 13.6. The molecule has 1 aromatic carbocycles. The number of aliphatic carboxylic acids is 1. The number of nitrogens with zero attached hydrogens (tertiary/aromatic N) is 1. The Labute approximate surface area is 148 Å². The van der Waals surface area contributed by atoms with Gasteiger partial charge in [-0.25, -0.2) is 0 Å². The fourth-order valence-electron chi connectivity index (χ4n) is 5.12. The first kappa shape index (κ1) is 16.6. The van der Waals surface area contributed by atoms with Gasteiger partial charge < -0.3 is 14.7 Å². The van der Waals surface area contributed by atoms with Gasteiger partial charge in [0.05, 0.1) is 17.4 Å². The minimum atomic E-state index is -0.829. The highest BCUT2D eigenvalue weighted by molar-refractivity contribution is 5.90. The minimum Gasteiger partial charge on any atom is -0.481 e. The molecule has 0 bridgehead atoms. The lowest BCUT2D eigenvalue weighted by Crippen LogP contribution is -2.47. The summed E-state index contributed by atoms with van der Waals surface area (Å²) in [5.41, 5.74) is -0.229. The summed E-state index contributed by atoms with van der Waals surface area (Å²) in [6, 6.07) is 10.0.